The molecule has 0 fully saturated rings. The summed E-state index contributed by atoms with van der Waals surface area (Å²) in [4.78, 5) is 18.6. The van der Waals surface area contributed by atoms with Gasteiger partial charge in [-0.1, -0.05) is 35.1 Å². The largest absolute Gasteiger partial charge is 0.494 e. The zero-order chi connectivity index (χ0) is 22.7. The van der Waals surface area contributed by atoms with Crippen molar-refractivity contribution in [2.24, 2.45) is 0 Å². The Hall–Kier alpha value is -3.03. The summed E-state index contributed by atoms with van der Waals surface area (Å²) in [7, 11) is 0. The molecule has 0 aliphatic carbocycles. The lowest BCUT2D eigenvalue weighted by atomic mass is 10.1. The zero-order valence-electron chi connectivity index (χ0n) is 18.1. The number of rotatable bonds is 8. The van der Waals surface area contributed by atoms with Crippen LogP contribution in [0.1, 0.15) is 34.8 Å². The van der Waals surface area contributed by atoms with Crippen LogP contribution >= 0.6 is 22.9 Å². The highest BCUT2D eigenvalue weighted by atomic mass is 35.5. The number of thiazole rings is 1. The van der Waals surface area contributed by atoms with Gasteiger partial charge < -0.3 is 14.8 Å². The van der Waals surface area contributed by atoms with E-state index in [1.165, 1.54) is 11.3 Å². The third kappa shape index (κ3) is 4.45. The molecule has 4 aromatic rings. The average Bonchev–Trinajstić information content (AvgIpc) is 3.31. The van der Waals surface area contributed by atoms with Gasteiger partial charge in [-0.3, -0.25) is 4.40 Å². The van der Waals surface area contributed by atoms with Gasteiger partial charge >= 0.3 is 5.97 Å². The second-order valence-electron chi connectivity index (χ2n) is 7.10. The minimum atomic E-state index is -0.327. The molecule has 4 rings (SSSR count). The number of halogens is 1. The maximum atomic E-state index is 12.4. The van der Waals surface area contributed by atoms with Gasteiger partial charge in [0.1, 0.15) is 22.1 Å². The van der Waals surface area contributed by atoms with E-state index in [0.717, 1.165) is 39.0 Å². The summed E-state index contributed by atoms with van der Waals surface area (Å²) in [6, 6.07) is 15.6. The number of aromatic nitrogens is 2. The van der Waals surface area contributed by atoms with Crippen molar-refractivity contribution in [1.29, 1.82) is 0 Å². The Bertz CT molecular complexity index is 1230. The fraction of sp³-hybridized carbons (Fsp3) is 0.250. The van der Waals surface area contributed by atoms with Gasteiger partial charge in [0.05, 0.1) is 13.2 Å². The number of carbonyl (C=O) groups is 1. The molecular weight excluding hydrogens is 446 g/mol. The number of hydrogen-bond acceptors (Lipinski definition) is 6. The Balaban J connectivity index is 1.76. The van der Waals surface area contributed by atoms with Crippen LogP contribution in [0.5, 0.6) is 5.75 Å². The summed E-state index contributed by atoms with van der Waals surface area (Å²) < 4.78 is 12.8. The maximum Gasteiger partial charge on any atom is 0.350 e. The Morgan fingerprint density at radius 2 is 1.81 bits per heavy atom. The maximum absolute atomic E-state index is 12.4. The normalized spacial score (nSPS) is 11.0. The molecule has 2 heterocycles. The van der Waals surface area contributed by atoms with Gasteiger partial charge in [0.25, 0.3) is 0 Å². The fourth-order valence-corrected chi connectivity index (χ4v) is 4.61. The van der Waals surface area contributed by atoms with Crippen molar-refractivity contribution in [1.82, 2.24) is 9.38 Å². The van der Waals surface area contributed by atoms with Crippen molar-refractivity contribution < 1.29 is 14.3 Å². The molecule has 0 saturated carbocycles. The predicted octanol–water partition coefficient (Wildman–Crippen LogP) is 6.21. The zero-order valence-corrected chi connectivity index (χ0v) is 19.7. The van der Waals surface area contributed by atoms with E-state index in [2.05, 4.69) is 5.32 Å². The average molecular weight is 470 g/mol. The second-order valence-corrected chi connectivity index (χ2v) is 8.52. The van der Waals surface area contributed by atoms with Gasteiger partial charge in [0, 0.05) is 22.8 Å². The molecule has 0 saturated heterocycles. The highest BCUT2D eigenvalue weighted by Crippen LogP contribution is 2.35. The van der Waals surface area contributed by atoms with E-state index in [4.69, 9.17) is 26.1 Å². The first-order valence-corrected chi connectivity index (χ1v) is 11.6. The Kier molecular flexibility index (Phi) is 6.67. The summed E-state index contributed by atoms with van der Waals surface area (Å²) in [5.74, 6) is 1.31. The highest BCUT2D eigenvalue weighted by Gasteiger charge is 2.23. The fourth-order valence-electron chi connectivity index (χ4n) is 3.46. The summed E-state index contributed by atoms with van der Waals surface area (Å²) >= 11 is 7.35. The Labute approximate surface area is 195 Å². The summed E-state index contributed by atoms with van der Waals surface area (Å²) in [5, 5.41) is 4.21. The molecule has 0 amide bonds. The van der Waals surface area contributed by atoms with Crippen LogP contribution in [0.15, 0.2) is 48.5 Å². The molecule has 0 bridgehead atoms. The van der Waals surface area contributed by atoms with Crippen LogP contribution in [-0.2, 0) is 11.3 Å². The third-order valence-corrected chi connectivity index (χ3v) is 6.35. The number of fused-ring (bicyclic) bond motifs is 1. The Morgan fingerprint density at radius 1 is 1.09 bits per heavy atom. The minimum absolute atomic E-state index is 0.327. The first-order valence-electron chi connectivity index (χ1n) is 10.4. The number of benzene rings is 2. The molecule has 1 N–H and O–H groups in total. The molecule has 2 aromatic heterocycles. The number of nitrogens with zero attached hydrogens (tertiary/aromatic N) is 2. The molecular formula is C24H24ClN3O3S. The van der Waals surface area contributed by atoms with Crippen molar-refractivity contribution in [2.45, 2.75) is 27.3 Å². The number of anilines is 1. The van der Waals surface area contributed by atoms with Crippen LogP contribution in [0.2, 0.25) is 5.02 Å². The number of carbonyl (C=O) groups excluding carboxylic acids is 1. The lowest BCUT2D eigenvalue weighted by Gasteiger charge is -2.11. The summed E-state index contributed by atoms with van der Waals surface area (Å²) in [6.07, 6.45) is 0. The molecule has 0 aliphatic heterocycles. The minimum Gasteiger partial charge on any atom is -0.494 e. The number of nitrogens with one attached hydrogen (secondary N) is 1. The van der Waals surface area contributed by atoms with Gasteiger partial charge in [0.15, 0.2) is 4.96 Å². The monoisotopic (exact) mass is 469 g/mol. The topological polar surface area (TPSA) is 64.9 Å². The van der Waals surface area contributed by atoms with Gasteiger partial charge in [-0.2, -0.15) is 0 Å². The molecule has 6 nitrogen and oxygen atoms in total. The van der Waals surface area contributed by atoms with E-state index in [-0.39, 0.29) is 5.97 Å². The third-order valence-electron chi connectivity index (χ3n) is 4.98. The first kappa shape index (κ1) is 22.2. The molecule has 32 heavy (non-hydrogen) atoms. The highest BCUT2D eigenvalue weighted by molar-refractivity contribution is 7.19. The number of imidazole rings is 1. The van der Waals surface area contributed by atoms with Crippen LogP contribution in [0.4, 0.5) is 5.82 Å². The molecule has 0 radical (unpaired) electrons. The van der Waals surface area contributed by atoms with Crippen LogP contribution < -0.4 is 10.1 Å². The molecule has 2 aromatic carbocycles. The van der Waals surface area contributed by atoms with Gasteiger partial charge in [-0.15, -0.1) is 0 Å². The predicted molar refractivity (Wildman–Crippen MR) is 129 cm³/mol. The number of esters is 1. The van der Waals surface area contributed by atoms with Gasteiger partial charge in [-0.05, 0) is 62.7 Å². The SMILES string of the molecule is CCOC(=O)c1sc2nc(-c3ccc(OCC)cc3)c(NCc3ccc(Cl)cc3)n2c1C. The molecule has 0 spiro atoms. The van der Waals surface area contributed by atoms with E-state index in [0.29, 0.717) is 29.7 Å². The van der Waals surface area contributed by atoms with Crippen molar-refractivity contribution in [3.8, 4) is 17.0 Å². The van der Waals surface area contributed by atoms with E-state index in [1.54, 1.807) is 6.92 Å². The molecule has 166 valence electrons. The number of hydrogen-bond donors (Lipinski definition) is 1. The number of ether oxygens (including phenoxy) is 2. The van der Waals surface area contributed by atoms with Crippen LogP contribution in [-0.4, -0.2) is 28.6 Å². The van der Waals surface area contributed by atoms with Crippen molar-refractivity contribution in [2.75, 3.05) is 18.5 Å². The molecule has 0 aliphatic rings. The van der Waals surface area contributed by atoms with Crippen molar-refractivity contribution in [3.63, 3.8) is 0 Å². The second kappa shape index (κ2) is 9.63. The number of aryl methyl sites for hydroxylation is 1. The summed E-state index contributed by atoms with van der Waals surface area (Å²) in [6.45, 7) is 7.20. The van der Waals surface area contributed by atoms with E-state index in [9.17, 15) is 4.79 Å². The van der Waals surface area contributed by atoms with Crippen LogP contribution in [0.3, 0.4) is 0 Å². The molecule has 0 unspecified atom stereocenters. The van der Waals surface area contributed by atoms with Crippen molar-refractivity contribution >= 4 is 39.7 Å². The van der Waals surface area contributed by atoms with E-state index >= 15 is 0 Å². The van der Waals surface area contributed by atoms with E-state index < -0.39 is 0 Å². The first-order chi connectivity index (χ1) is 15.5. The lowest BCUT2D eigenvalue weighted by molar-refractivity contribution is 0.0531. The standard InChI is InChI=1S/C24H24ClN3O3S/c1-4-30-19-12-8-17(9-13-19)20-22(26-14-16-6-10-18(25)11-7-16)28-15(3)21(23(29)31-5-2)32-24(28)27-20/h6-13,26H,4-5,14H2,1-3H3. The van der Waals surface area contributed by atoms with Gasteiger partial charge in [0.2, 0.25) is 0 Å². The van der Waals surface area contributed by atoms with Crippen molar-refractivity contribution in [3.05, 3.63) is 69.7 Å². The quantitative estimate of drug-likeness (QED) is 0.311. The Morgan fingerprint density at radius 3 is 2.47 bits per heavy atom. The lowest BCUT2D eigenvalue weighted by Crippen LogP contribution is -2.07. The smallest absolute Gasteiger partial charge is 0.350 e. The molecule has 8 heteroatoms. The van der Waals surface area contributed by atoms with Gasteiger partial charge in [-0.25, -0.2) is 9.78 Å². The van der Waals surface area contributed by atoms with E-state index in [1.807, 2.05) is 66.8 Å². The van der Waals surface area contributed by atoms with Crippen LogP contribution in [0, 0.1) is 6.92 Å². The molecule has 0 atom stereocenters. The van der Waals surface area contributed by atoms with Crippen LogP contribution in [0.25, 0.3) is 16.2 Å². The summed E-state index contributed by atoms with van der Waals surface area (Å²) in [5.41, 5.74) is 3.65.